The zero-order chi connectivity index (χ0) is 12.4. The Bertz CT molecular complexity index is 543. The lowest BCUT2D eigenvalue weighted by Gasteiger charge is -2.14. The van der Waals surface area contributed by atoms with E-state index in [0.717, 1.165) is 23.8 Å². The molecule has 1 atom stereocenters. The van der Waals surface area contributed by atoms with Gasteiger partial charge in [-0.15, -0.1) is 0 Å². The van der Waals surface area contributed by atoms with Crippen LogP contribution in [0.15, 0.2) is 36.7 Å². The molecule has 0 radical (unpaired) electrons. The number of benzene rings is 1. The first-order valence-electron chi connectivity index (χ1n) is 5.13. The van der Waals surface area contributed by atoms with Crippen molar-refractivity contribution < 1.29 is 13.9 Å². The van der Waals surface area contributed by atoms with E-state index >= 15 is 0 Å². The highest BCUT2D eigenvalue weighted by molar-refractivity contribution is 5.34. The van der Waals surface area contributed by atoms with Crippen molar-refractivity contribution in [2.45, 2.75) is 13.0 Å². The maximum Gasteiger partial charge on any atom is 0.129 e. The maximum atomic E-state index is 13.5. The minimum atomic E-state index is -1.19. The van der Waals surface area contributed by atoms with Crippen molar-refractivity contribution in [2.75, 3.05) is 0 Å². The van der Waals surface area contributed by atoms with Gasteiger partial charge in [-0.25, -0.2) is 8.78 Å². The lowest BCUT2D eigenvalue weighted by atomic mass is 9.99. The highest BCUT2D eigenvalue weighted by Gasteiger charge is 2.17. The topological polar surface area (TPSA) is 33.1 Å². The molecule has 2 nitrogen and oxygen atoms in total. The second kappa shape index (κ2) is 4.59. The Kier molecular flexibility index (Phi) is 3.15. The van der Waals surface area contributed by atoms with Crippen molar-refractivity contribution in [1.82, 2.24) is 4.98 Å². The van der Waals surface area contributed by atoms with E-state index in [1.165, 1.54) is 6.20 Å². The van der Waals surface area contributed by atoms with Crippen LogP contribution in [0.4, 0.5) is 8.78 Å². The number of pyridine rings is 1. The monoisotopic (exact) mass is 235 g/mol. The number of aromatic nitrogens is 1. The summed E-state index contributed by atoms with van der Waals surface area (Å²) in [4.78, 5) is 3.88. The molecule has 0 amide bonds. The van der Waals surface area contributed by atoms with E-state index in [1.807, 2.05) is 0 Å². The summed E-state index contributed by atoms with van der Waals surface area (Å²) in [6, 6.07) is 4.61. The Balaban J connectivity index is 2.47. The molecule has 0 aliphatic carbocycles. The summed E-state index contributed by atoms with van der Waals surface area (Å²) >= 11 is 0. The third-order valence-electron chi connectivity index (χ3n) is 2.61. The zero-order valence-corrected chi connectivity index (χ0v) is 9.19. The molecule has 2 aromatic rings. The van der Waals surface area contributed by atoms with E-state index in [-0.39, 0.29) is 5.56 Å². The van der Waals surface area contributed by atoms with Crippen molar-refractivity contribution in [1.29, 1.82) is 0 Å². The summed E-state index contributed by atoms with van der Waals surface area (Å²) in [5.41, 5.74) is 1.17. The third kappa shape index (κ3) is 2.31. The predicted molar refractivity (Wildman–Crippen MR) is 59.4 cm³/mol. The number of nitrogens with zero attached hydrogens (tertiary/aromatic N) is 1. The fourth-order valence-corrected chi connectivity index (χ4v) is 1.68. The molecule has 1 unspecified atom stereocenters. The largest absolute Gasteiger partial charge is 0.384 e. The van der Waals surface area contributed by atoms with Gasteiger partial charge < -0.3 is 5.11 Å². The third-order valence-corrected chi connectivity index (χ3v) is 2.61. The molecular formula is C13H11F2NO. The molecule has 4 heteroatoms. The second-order valence-electron chi connectivity index (χ2n) is 3.80. The van der Waals surface area contributed by atoms with Gasteiger partial charge in [-0.3, -0.25) is 4.98 Å². The van der Waals surface area contributed by atoms with Crippen LogP contribution in [0.3, 0.4) is 0 Å². The molecule has 88 valence electrons. The Hall–Kier alpha value is -1.81. The Morgan fingerprint density at radius 2 is 1.94 bits per heavy atom. The zero-order valence-electron chi connectivity index (χ0n) is 9.19. The lowest BCUT2D eigenvalue weighted by Crippen LogP contribution is -2.05. The van der Waals surface area contributed by atoms with E-state index in [1.54, 1.807) is 19.2 Å². The number of aryl methyl sites for hydroxylation is 1. The first kappa shape index (κ1) is 11.7. The van der Waals surface area contributed by atoms with Crippen LogP contribution in [0, 0.1) is 18.6 Å². The molecule has 0 spiro atoms. The van der Waals surface area contributed by atoms with Crippen molar-refractivity contribution in [3.63, 3.8) is 0 Å². The van der Waals surface area contributed by atoms with Gasteiger partial charge in [0.25, 0.3) is 0 Å². The number of halogens is 2. The molecule has 2 rings (SSSR count). The molecule has 1 aromatic carbocycles. The number of rotatable bonds is 2. The van der Waals surface area contributed by atoms with Gasteiger partial charge in [0.1, 0.15) is 17.7 Å². The normalized spacial score (nSPS) is 12.5. The molecule has 0 saturated carbocycles. The van der Waals surface area contributed by atoms with Gasteiger partial charge in [0.05, 0.1) is 0 Å². The molecule has 0 saturated heterocycles. The van der Waals surface area contributed by atoms with E-state index in [2.05, 4.69) is 4.98 Å². The molecule has 1 heterocycles. The van der Waals surface area contributed by atoms with Crippen LogP contribution >= 0.6 is 0 Å². The minimum Gasteiger partial charge on any atom is -0.384 e. The fraction of sp³-hybridized carbons (Fsp3) is 0.154. The van der Waals surface area contributed by atoms with E-state index in [0.29, 0.717) is 5.56 Å². The molecule has 0 aliphatic heterocycles. The quantitative estimate of drug-likeness (QED) is 0.868. The second-order valence-corrected chi connectivity index (χ2v) is 3.80. The highest BCUT2D eigenvalue weighted by Crippen LogP contribution is 2.26. The van der Waals surface area contributed by atoms with Crippen LogP contribution in [0.2, 0.25) is 0 Å². The molecule has 1 N–H and O–H groups in total. The Morgan fingerprint density at radius 1 is 1.18 bits per heavy atom. The first-order valence-corrected chi connectivity index (χ1v) is 5.13. The minimum absolute atomic E-state index is 0.0701. The summed E-state index contributed by atoms with van der Waals surface area (Å²) in [5.74, 6) is -1.21. The average molecular weight is 235 g/mol. The maximum absolute atomic E-state index is 13.5. The smallest absolute Gasteiger partial charge is 0.129 e. The van der Waals surface area contributed by atoms with Gasteiger partial charge in [-0.1, -0.05) is 0 Å². The molecule has 0 fully saturated rings. The van der Waals surface area contributed by atoms with Crippen LogP contribution in [-0.4, -0.2) is 10.1 Å². The predicted octanol–water partition coefficient (Wildman–Crippen LogP) is 2.75. The van der Waals surface area contributed by atoms with Gasteiger partial charge in [0.15, 0.2) is 0 Å². The van der Waals surface area contributed by atoms with Crippen LogP contribution in [0.5, 0.6) is 0 Å². The van der Waals surface area contributed by atoms with Crippen LogP contribution in [0.1, 0.15) is 22.8 Å². The fourth-order valence-electron chi connectivity index (χ4n) is 1.68. The molecule has 0 aliphatic rings. The van der Waals surface area contributed by atoms with Crippen molar-refractivity contribution >= 4 is 0 Å². The van der Waals surface area contributed by atoms with Gasteiger partial charge in [-0.05, 0) is 42.3 Å². The van der Waals surface area contributed by atoms with Gasteiger partial charge in [0.2, 0.25) is 0 Å². The molecular weight excluding hydrogens is 224 g/mol. The summed E-state index contributed by atoms with van der Waals surface area (Å²) in [6.45, 7) is 1.75. The van der Waals surface area contributed by atoms with E-state index in [9.17, 15) is 13.9 Å². The molecule has 1 aromatic heterocycles. The number of hydrogen-bond acceptors (Lipinski definition) is 2. The van der Waals surface area contributed by atoms with Crippen molar-refractivity contribution in [2.24, 2.45) is 0 Å². The summed E-state index contributed by atoms with van der Waals surface area (Å²) in [7, 11) is 0. The number of hydrogen-bond donors (Lipinski definition) is 1. The number of aliphatic hydroxyl groups is 1. The van der Waals surface area contributed by atoms with Crippen molar-refractivity contribution in [3.05, 3.63) is 65.0 Å². The summed E-state index contributed by atoms with van der Waals surface area (Å²) in [5, 5.41) is 10.0. The molecule has 0 bridgehead atoms. The lowest BCUT2D eigenvalue weighted by molar-refractivity contribution is 0.213. The van der Waals surface area contributed by atoms with Gasteiger partial charge in [0, 0.05) is 18.0 Å². The molecule has 17 heavy (non-hydrogen) atoms. The Labute approximate surface area is 97.6 Å². The summed E-state index contributed by atoms with van der Waals surface area (Å²) < 4.78 is 26.5. The standard InChI is InChI=1S/C13H11F2NO/c1-8-7-16-5-4-10(8)13(17)11-6-9(14)2-3-12(11)15/h2-7,13,17H,1H3. The summed E-state index contributed by atoms with van der Waals surface area (Å²) in [6.07, 6.45) is 1.88. The number of aliphatic hydroxyl groups excluding tert-OH is 1. The Morgan fingerprint density at radius 3 is 2.65 bits per heavy atom. The average Bonchev–Trinajstić information content (AvgIpc) is 2.32. The van der Waals surface area contributed by atoms with Crippen LogP contribution < -0.4 is 0 Å². The SMILES string of the molecule is Cc1cnccc1C(O)c1cc(F)ccc1F. The first-order chi connectivity index (χ1) is 8.09. The van der Waals surface area contributed by atoms with E-state index < -0.39 is 17.7 Å². The van der Waals surface area contributed by atoms with Crippen LogP contribution in [0.25, 0.3) is 0 Å². The van der Waals surface area contributed by atoms with Gasteiger partial charge >= 0.3 is 0 Å². The van der Waals surface area contributed by atoms with Crippen molar-refractivity contribution in [3.8, 4) is 0 Å². The van der Waals surface area contributed by atoms with Crippen LogP contribution in [-0.2, 0) is 0 Å². The highest BCUT2D eigenvalue weighted by atomic mass is 19.1. The van der Waals surface area contributed by atoms with E-state index in [4.69, 9.17) is 0 Å². The van der Waals surface area contributed by atoms with Gasteiger partial charge in [-0.2, -0.15) is 0 Å².